The molecule has 0 aliphatic rings. The molecule has 0 unspecified atom stereocenters. The molecule has 0 heterocycles. The number of carboxylic acids is 1. The Hall–Kier alpha value is -4.71. The fraction of sp³-hybridized carbons (Fsp3) is 0.0690. The van der Waals surface area contributed by atoms with Gasteiger partial charge in [0, 0.05) is 18.2 Å². The number of hydrogen-bond donors (Lipinski definition) is 3. The molecule has 0 aromatic heterocycles. The summed E-state index contributed by atoms with van der Waals surface area (Å²) < 4.78 is 0. The second-order valence-electron chi connectivity index (χ2n) is 8.11. The molecule has 0 saturated carbocycles. The van der Waals surface area contributed by atoms with E-state index in [1.807, 2.05) is 79.7 Å². The second-order valence-corrected chi connectivity index (χ2v) is 8.11. The highest BCUT2D eigenvalue weighted by molar-refractivity contribution is 6.08. The van der Waals surface area contributed by atoms with Gasteiger partial charge in [-0.25, -0.2) is 4.79 Å². The Morgan fingerprint density at radius 1 is 0.800 bits per heavy atom. The van der Waals surface area contributed by atoms with Gasteiger partial charge in [0.15, 0.2) is 0 Å². The van der Waals surface area contributed by atoms with Crippen LogP contribution in [-0.4, -0.2) is 22.9 Å². The van der Waals surface area contributed by atoms with E-state index in [-0.39, 0.29) is 22.7 Å². The smallest absolute Gasteiger partial charge is 0.337 e. The summed E-state index contributed by atoms with van der Waals surface area (Å²) in [6, 6.07) is 27.4. The molecular weight excluding hydrogens is 440 g/mol. The van der Waals surface area contributed by atoms with Crippen LogP contribution in [-0.2, 0) is 11.3 Å². The van der Waals surface area contributed by atoms with Crippen molar-refractivity contribution in [3.8, 4) is 0 Å². The largest absolute Gasteiger partial charge is 0.478 e. The summed E-state index contributed by atoms with van der Waals surface area (Å²) >= 11 is 0. The van der Waals surface area contributed by atoms with Crippen LogP contribution in [0.25, 0.3) is 16.3 Å². The normalized spacial score (nSPS) is 11.2. The Morgan fingerprint density at radius 3 is 2.23 bits per heavy atom. The monoisotopic (exact) mass is 464 g/mol. The van der Waals surface area contributed by atoms with Crippen LogP contribution in [0, 0.1) is 0 Å². The minimum absolute atomic E-state index is 0.0532. The summed E-state index contributed by atoms with van der Waals surface area (Å²) in [7, 11) is 0. The number of amides is 2. The average molecular weight is 465 g/mol. The van der Waals surface area contributed by atoms with E-state index < -0.39 is 11.9 Å². The second kappa shape index (κ2) is 10.5. The van der Waals surface area contributed by atoms with Crippen LogP contribution in [0.2, 0.25) is 0 Å². The van der Waals surface area contributed by atoms with Gasteiger partial charge in [-0.3, -0.25) is 9.59 Å². The summed E-state index contributed by atoms with van der Waals surface area (Å²) in [5.74, 6) is -2.06. The standard InChI is InChI=1S/C29H24N2O4/c1-19(22-12-11-21-9-5-6-10-23(21)16-22)15-27(32)31-26-17-24(13-14-25(26)29(34)35)28(33)30-18-20-7-3-2-4-8-20/h2-17H,18H2,1H3,(H,30,33)(H,31,32)(H,34,35). The summed E-state index contributed by atoms with van der Waals surface area (Å²) in [6.07, 6.45) is 1.41. The van der Waals surface area contributed by atoms with E-state index in [4.69, 9.17) is 0 Å². The van der Waals surface area contributed by atoms with Crippen molar-refractivity contribution in [2.24, 2.45) is 0 Å². The fourth-order valence-electron chi connectivity index (χ4n) is 3.74. The zero-order chi connectivity index (χ0) is 24.8. The van der Waals surface area contributed by atoms with Crippen molar-refractivity contribution in [3.05, 3.63) is 119 Å². The minimum atomic E-state index is -1.20. The van der Waals surface area contributed by atoms with Crippen molar-refractivity contribution in [2.75, 3.05) is 5.32 Å². The molecule has 0 atom stereocenters. The number of carboxylic acid groups (broad SMARTS) is 1. The van der Waals surface area contributed by atoms with Gasteiger partial charge in [-0.15, -0.1) is 0 Å². The third-order valence-electron chi connectivity index (χ3n) is 5.62. The zero-order valence-electron chi connectivity index (χ0n) is 19.1. The first-order valence-corrected chi connectivity index (χ1v) is 11.1. The van der Waals surface area contributed by atoms with Gasteiger partial charge in [-0.05, 0) is 58.7 Å². The highest BCUT2D eigenvalue weighted by atomic mass is 16.4. The molecule has 0 radical (unpaired) electrons. The lowest BCUT2D eigenvalue weighted by Gasteiger charge is -2.11. The van der Waals surface area contributed by atoms with Crippen molar-refractivity contribution >= 4 is 39.8 Å². The van der Waals surface area contributed by atoms with Crippen LogP contribution in [0.4, 0.5) is 5.69 Å². The number of aromatic carboxylic acids is 1. The number of fused-ring (bicyclic) bond motifs is 1. The van der Waals surface area contributed by atoms with E-state index in [1.54, 1.807) is 0 Å². The number of rotatable bonds is 7. The Labute approximate surface area is 202 Å². The molecule has 6 nitrogen and oxygen atoms in total. The summed E-state index contributed by atoms with van der Waals surface area (Å²) in [5.41, 5.74) is 2.74. The Bertz CT molecular complexity index is 1440. The summed E-state index contributed by atoms with van der Waals surface area (Å²) in [6.45, 7) is 2.14. The lowest BCUT2D eigenvalue weighted by Crippen LogP contribution is -2.23. The maximum Gasteiger partial charge on any atom is 0.337 e. The molecule has 0 bridgehead atoms. The van der Waals surface area contributed by atoms with Crippen LogP contribution in [0.15, 0.2) is 97.1 Å². The van der Waals surface area contributed by atoms with Gasteiger partial charge >= 0.3 is 5.97 Å². The molecule has 4 aromatic rings. The summed E-state index contributed by atoms with van der Waals surface area (Å²) in [4.78, 5) is 37.1. The molecule has 4 aromatic carbocycles. The topological polar surface area (TPSA) is 95.5 Å². The van der Waals surface area contributed by atoms with Gasteiger partial charge < -0.3 is 15.7 Å². The van der Waals surface area contributed by atoms with Crippen molar-refractivity contribution in [3.63, 3.8) is 0 Å². The zero-order valence-corrected chi connectivity index (χ0v) is 19.1. The van der Waals surface area contributed by atoms with Gasteiger partial charge in [-0.1, -0.05) is 66.7 Å². The van der Waals surface area contributed by atoms with Gasteiger partial charge in [0.1, 0.15) is 0 Å². The van der Waals surface area contributed by atoms with E-state index in [9.17, 15) is 19.5 Å². The van der Waals surface area contributed by atoms with Crippen LogP contribution in [0.3, 0.4) is 0 Å². The molecule has 0 spiro atoms. The fourth-order valence-corrected chi connectivity index (χ4v) is 3.74. The third kappa shape index (κ3) is 5.81. The number of allylic oxidation sites excluding steroid dienone is 1. The van der Waals surface area contributed by atoms with Crippen molar-refractivity contribution < 1.29 is 19.5 Å². The van der Waals surface area contributed by atoms with E-state index >= 15 is 0 Å². The van der Waals surface area contributed by atoms with E-state index in [1.165, 1.54) is 24.3 Å². The maximum absolute atomic E-state index is 12.7. The Balaban J connectivity index is 1.52. The molecule has 35 heavy (non-hydrogen) atoms. The first kappa shape index (κ1) is 23.4. The highest BCUT2D eigenvalue weighted by Gasteiger charge is 2.16. The van der Waals surface area contributed by atoms with Gasteiger partial charge in [-0.2, -0.15) is 0 Å². The van der Waals surface area contributed by atoms with E-state index in [0.29, 0.717) is 6.54 Å². The quantitative estimate of drug-likeness (QED) is 0.314. The molecule has 0 aliphatic carbocycles. The molecule has 0 fully saturated rings. The first-order chi connectivity index (χ1) is 16.9. The lowest BCUT2D eigenvalue weighted by atomic mass is 10.0. The number of anilines is 1. The van der Waals surface area contributed by atoms with Gasteiger partial charge in [0.05, 0.1) is 11.3 Å². The SMILES string of the molecule is CC(=CC(=O)Nc1cc(C(=O)NCc2ccccc2)ccc1C(=O)O)c1ccc2ccccc2c1. The number of benzene rings is 4. The molecule has 3 N–H and O–H groups in total. The number of hydrogen-bond acceptors (Lipinski definition) is 3. The maximum atomic E-state index is 12.7. The summed E-state index contributed by atoms with van der Waals surface area (Å²) in [5, 5.41) is 17.1. The predicted octanol–water partition coefficient (Wildman–Crippen LogP) is 5.51. The average Bonchev–Trinajstić information content (AvgIpc) is 2.87. The first-order valence-electron chi connectivity index (χ1n) is 11.1. The highest BCUT2D eigenvalue weighted by Crippen LogP contribution is 2.22. The Morgan fingerprint density at radius 2 is 1.49 bits per heavy atom. The number of carbonyl (C=O) groups is 3. The van der Waals surface area contributed by atoms with Gasteiger partial charge in [0.25, 0.3) is 5.91 Å². The molecule has 6 heteroatoms. The molecule has 0 aliphatic heterocycles. The molecule has 0 saturated heterocycles. The molecule has 2 amide bonds. The molecule has 174 valence electrons. The minimum Gasteiger partial charge on any atom is -0.478 e. The lowest BCUT2D eigenvalue weighted by molar-refractivity contribution is -0.111. The van der Waals surface area contributed by atoms with E-state index in [0.717, 1.165) is 27.5 Å². The number of carbonyl (C=O) groups excluding carboxylic acids is 2. The van der Waals surface area contributed by atoms with Crippen LogP contribution in [0.1, 0.15) is 38.8 Å². The van der Waals surface area contributed by atoms with Crippen LogP contribution in [0.5, 0.6) is 0 Å². The van der Waals surface area contributed by atoms with Crippen LogP contribution < -0.4 is 10.6 Å². The molecule has 4 rings (SSSR count). The van der Waals surface area contributed by atoms with E-state index in [2.05, 4.69) is 10.6 Å². The Kier molecular flexibility index (Phi) is 7.02. The van der Waals surface area contributed by atoms with Crippen LogP contribution >= 0.6 is 0 Å². The predicted molar refractivity (Wildman–Crippen MR) is 137 cm³/mol. The van der Waals surface area contributed by atoms with Crippen molar-refractivity contribution in [2.45, 2.75) is 13.5 Å². The van der Waals surface area contributed by atoms with Gasteiger partial charge in [0.2, 0.25) is 5.91 Å². The van der Waals surface area contributed by atoms with Crippen molar-refractivity contribution in [1.29, 1.82) is 0 Å². The number of nitrogens with one attached hydrogen (secondary N) is 2. The molecular formula is C29H24N2O4. The third-order valence-corrected chi connectivity index (χ3v) is 5.62. The van der Waals surface area contributed by atoms with Crippen molar-refractivity contribution in [1.82, 2.24) is 5.32 Å².